The van der Waals surface area contributed by atoms with Crippen LogP contribution in [-0.4, -0.2) is 28.0 Å². The van der Waals surface area contributed by atoms with E-state index in [1.165, 1.54) is 0 Å². The Labute approximate surface area is 151 Å². The van der Waals surface area contributed by atoms with E-state index in [1.807, 2.05) is 25.1 Å². The maximum Gasteiger partial charge on any atom is 0.326 e. The third-order valence-electron chi connectivity index (χ3n) is 4.05. The van der Waals surface area contributed by atoms with E-state index in [0.29, 0.717) is 23.1 Å². The van der Waals surface area contributed by atoms with Gasteiger partial charge in [-0.3, -0.25) is 4.79 Å². The Hall–Kier alpha value is -2.34. The van der Waals surface area contributed by atoms with Crippen LogP contribution in [0.5, 0.6) is 0 Å². The van der Waals surface area contributed by atoms with Crippen LogP contribution in [0.15, 0.2) is 34.9 Å². The van der Waals surface area contributed by atoms with E-state index in [4.69, 9.17) is 16.0 Å². The number of oxazole rings is 1. The van der Waals surface area contributed by atoms with Gasteiger partial charge in [0.2, 0.25) is 5.91 Å². The molecule has 0 saturated heterocycles. The van der Waals surface area contributed by atoms with Gasteiger partial charge in [0.15, 0.2) is 11.7 Å². The van der Waals surface area contributed by atoms with E-state index >= 15 is 0 Å². The number of aliphatic carboxylic acids is 1. The number of halogens is 1. The van der Waals surface area contributed by atoms with Crippen LogP contribution in [0.1, 0.15) is 32.6 Å². The Kier molecular flexibility index (Phi) is 6.58. The summed E-state index contributed by atoms with van der Waals surface area (Å²) >= 11 is 6.12. The minimum atomic E-state index is -1.03. The quantitative estimate of drug-likeness (QED) is 0.747. The zero-order valence-corrected chi connectivity index (χ0v) is 14.9. The molecule has 134 valence electrons. The summed E-state index contributed by atoms with van der Waals surface area (Å²) in [4.78, 5) is 27.4. The molecule has 1 aromatic heterocycles. The number of aromatic nitrogens is 1. The summed E-state index contributed by atoms with van der Waals surface area (Å²) in [7, 11) is 0. The number of hydrogen-bond acceptors (Lipinski definition) is 4. The molecule has 6 nitrogen and oxygen atoms in total. The summed E-state index contributed by atoms with van der Waals surface area (Å²) in [6, 6.07) is 6.36. The summed E-state index contributed by atoms with van der Waals surface area (Å²) in [5.74, 6) is -0.579. The molecule has 0 fully saturated rings. The highest BCUT2D eigenvalue weighted by molar-refractivity contribution is 6.33. The molecular weight excluding hydrogens is 344 g/mol. The Morgan fingerprint density at radius 1 is 1.36 bits per heavy atom. The number of carboxylic acids is 1. The van der Waals surface area contributed by atoms with Crippen LogP contribution in [0.2, 0.25) is 5.02 Å². The number of aryl methyl sites for hydroxylation is 1. The normalized spacial score (nSPS) is 13.2. The minimum absolute atomic E-state index is 0.0999. The summed E-state index contributed by atoms with van der Waals surface area (Å²) in [6.07, 6.45) is 2.61. The number of carboxylic acid groups (broad SMARTS) is 1. The molecule has 0 aliphatic rings. The van der Waals surface area contributed by atoms with Gasteiger partial charge in [0, 0.05) is 18.4 Å². The molecule has 0 aliphatic heterocycles. The van der Waals surface area contributed by atoms with E-state index in [-0.39, 0.29) is 24.7 Å². The summed E-state index contributed by atoms with van der Waals surface area (Å²) in [5, 5.41) is 12.3. The maximum absolute atomic E-state index is 12.0. The molecule has 7 heteroatoms. The Balaban J connectivity index is 1.94. The topological polar surface area (TPSA) is 92.4 Å². The summed E-state index contributed by atoms with van der Waals surface area (Å²) < 4.78 is 5.63. The van der Waals surface area contributed by atoms with Crippen molar-refractivity contribution < 1.29 is 19.1 Å². The third-order valence-corrected chi connectivity index (χ3v) is 4.38. The Morgan fingerprint density at radius 3 is 2.72 bits per heavy atom. The number of nitrogens with one attached hydrogen (secondary N) is 1. The van der Waals surface area contributed by atoms with Crippen molar-refractivity contribution in [1.29, 1.82) is 0 Å². The highest BCUT2D eigenvalue weighted by Crippen LogP contribution is 2.28. The standard InChI is InChI=1S/C18H21ClN2O4/c1-3-11(2)17(18(23)24)21-15(22)8-9-16-20-10-14(25-16)12-6-4-5-7-13(12)19/h4-7,10-11,17H,3,8-9H2,1-2H3,(H,21,22)(H,23,24)/t11-,17-/m0/s1. The Morgan fingerprint density at radius 2 is 2.08 bits per heavy atom. The van der Waals surface area contributed by atoms with Gasteiger partial charge in [0.25, 0.3) is 0 Å². The SMILES string of the molecule is CC[C@H](C)[C@H](NC(=O)CCc1ncc(-c2ccccc2Cl)o1)C(=O)O. The molecule has 2 N–H and O–H groups in total. The minimum Gasteiger partial charge on any atom is -0.480 e. The van der Waals surface area contributed by atoms with Crippen molar-refractivity contribution in [1.82, 2.24) is 10.3 Å². The second kappa shape index (κ2) is 8.67. The van der Waals surface area contributed by atoms with E-state index < -0.39 is 12.0 Å². The summed E-state index contributed by atoms with van der Waals surface area (Å²) in [6.45, 7) is 3.68. The lowest BCUT2D eigenvalue weighted by molar-refractivity contribution is -0.143. The van der Waals surface area contributed by atoms with Gasteiger partial charge >= 0.3 is 5.97 Å². The number of nitrogens with zero attached hydrogens (tertiary/aromatic N) is 1. The predicted molar refractivity (Wildman–Crippen MR) is 94.3 cm³/mol. The second-order valence-corrected chi connectivity index (χ2v) is 6.27. The fraction of sp³-hybridized carbons (Fsp3) is 0.389. The highest BCUT2D eigenvalue weighted by atomic mass is 35.5. The average molecular weight is 365 g/mol. The van der Waals surface area contributed by atoms with E-state index in [0.717, 1.165) is 5.56 Å². The van der Waals surface area contributed by atoms with Crippen LogP contribution in [0.3, 0.4) is 0 Å². The van der Waals surface area contributed by atoms with Gasteiger partial charge in [-0.15, -0.1) is 0 Å². The van der Waals surface area contributed by atoms with Crippen LogP contribution < -0.4 is 5.32 Å². The average Bonchev–Trinajstić information content (AvgIpc) is 3.06. The molecule has 2 aromatic rings. The molecule has 0 saturated carbocycles. The zero-order valence-electron chi connectivity index (χ0n) is 14.2. The number of carbonyl (C=O) groups is 2. The first-order valence-corrected chi connectivity index (χ1v) is 8.52. The molecule has 0 unspecified atom stereocenters. The van der Waals surface area contributed by atoms with Gasteiger partial charge in [-0.1, -0.05) is 44.0 Å². The van der Waals surface area contributed by atoms with Crippen molar-refractivity contribution in [2.45, 2.75) is 39.2 Å². The fourth-order valence-electron chi connectivity index (χ4n) is 2.36. The predicted octanol–water partition coefficient (Wildman–Crippen LogP) is 3.54. The molecule has 1 heterocycles. The largest absolute Gasteiger partial charge is 0.480 e. The van der Waals surface area contributed by atoms with Gasteiger partial charge in [0.05, 0.1) is 11.2 Å². The van der Waals surface area contributed by atoms with Gasteiger partial charge in [-0.25, -0.2) is 9.78 Å². The molecule has 0 bridgehead atoms. The fourth-order valence-corrected chi connectivity index (χ4v) is 2.59. The highest BCUT2D eigenvalue weighted by Gasteiger charge is 2.25. The molecule has 2 rings (SSSR count). The molecule has 0 spiro atoms. The van der Waals surface area contributed by atoms with Crippen molar-refractivity contribution >= 4 is 23.5 Å². The van der Waals surface area contributed by atoms with Crippen molar-refractivity contribution in [2.24, 2.45) is 5.92 Å². The van der Waals surface area contributed by atoms with E-state index in [2.05, 4.69) is 10.3 Å². The molecule has 2 atom stereocenters. The van der Waals surface area contributed by atoms with Crippen LogP contribution in [-0.2, 0) is 16.0 Å². The first-order chi connectivity index (χ1) is 11.9. The van der Waals surface area contributed by atoms with Gasteiger partial charge in [-0.05, 0) is 18.1 Å². The van der Waals surface area contributed by atoms with E-state index in [9.17, 15) is 14.7 Å². The lowest BCUT2D eigenvalue weighted by Gasteiger charge is -2.19. The van der Waals surface area contributed by atoms with Crippen molar-refractivity contribution in [3.8, 4) is 11.3 Å². The van der Waals surface area contributed by atoms with Gasteiger partial charge in [-0.2, -0.15) is 0 Å². The smallest absolute Gasteiger partial charge is 0.326 e. The maximum atomic E-state index is 12.0. The van der Waals surface area contributed by atoms with Crippen molar-refractivity contribution in [2.75, 3.05) is 0 Å². The lowest BCUT2D eigenvalue weighted by atomic mass is 9.99. The monoisotopic (exact) mass is 364 g/mol. The van der Waals surface area contributed by atoms with Crippen molar-refractivity contribution in [3.63, 3.8) is 0 Å². The van der Waals surface area contributed by atoms with Crippen LogP contribution in [0, 0.1) is 5.92 Å². The molecule has 0 aliphatic carbocycles. The first kappa shape index (κ1) is 19.0. The number of carbonyl (C=O) groups excluding carboxylic acids is 1. The van der Waals surface area contributed by atoms with Crippen LogP contribution >= 0.6 is 11.6 Å². The van der Waals surface area contributed by atoms with Gasteiger partial charge in [0.1, 0.15) is 6.04 Å². The number of rotatable bonds is 8. The third kappa shape index (κ3) is 5.06. The molecule has 25 heavy (non-hydrogen) atoms. The number of amides is 1. The lowest BCUT2D eigenvalue weighted by Crippen LogP contribution is -2.45. The number of benzene rings is 1. The zero-order chi connectivity index (χ0) is 18.4. The van der Waals surface area contributed by atoms with Crippen LogP contribution in [0.4, 0.5) is 0 Å². The van der Waals surface area contributed by atoms with E-state index in [1.54, 1.807) is 19.2 Å². The Bertz CT molecular complexity index is 744. The second-order valence-electron chi connectivity index (χ2n) is 5.87. The summed E-state index contributed by atoms with van der Waals surface area (Å²) in [5.41, 5.74) is 0.732. The molecule has 0 radical (unpaired) electrons. The van der Waals surface area contributed by atoms with Crippen LogP contribution in [0.25, 0.3) is 11.3 Å². The van der Waals surface area contributed by atoms with Gasteiger partial charge < -0.3 is 14.8 Å². The molecule has 1 amide bonds. The molecular formula is C18H21ClN2O4. The molecule has 1 aromatic carbocycles. The number of hydrogen-bond donors (Lipinski definition) is 2. The first-order valence-electron chi connectivity index (χ1n) is 8.14. The van der Waals surface area contributed by atoms with Crippen molar-refractivity contribution in [3.05, 3.63) is 41.4 Å².